The van der Waals surface area contributed by atoms with Gasteiger partial charge in [-0.1, -0.05) is 24.9 Å². The van der Waals surface area contributed by atoms with Crippen molar-refractivity contribution in [3.8, 4) is 0 Å². The SMILES string of the molecule is CCC1(CNS(=O)(=O)c2ccc(Cl)c(CN)c2)CCC1. The molecule has 0 amide bonds. The van der Waals surface area contributed by atoms with Crippen molar-refractivity contribution in [3.05, 3.63) is 28.8 Å². The van der Waals surface area contributed by atoms with E-state index in [2.05, 4.69) is 11.6 Å². The third-order valence-corrected chi connectivity index (χ3v) is 6.12. The highest BCUT2D eigenvalue weighted by Crippen LogP contribution is 2.43. The number of hydrogen-bond acceptors (Lipinski definition) is 3. The van der Waals surface area contributed by atoms with Crippen LogP contribution < -0.4 is 10.5 Å². The molecule has 0 aromatic heterocycles. The molecule has 0 heterocycles. The summed E-state index contributed by atoms with van der Waals surface area (Å²) in [6, 6.07) is 4.64. The summed E-state index contributed by atoms with van der Waals surface area (Å²) in [7, 11) is -3.49. The third kappa shape index (κ3) is 3.17. The topological polar surface area (TPSA) is 72.2 Å². The number of nitrogens with one attached hydrogen (secondary N) is 1. The molecule has 4 nitrogen and oxygen atoms in total. The van der Waals surface area contributed by atoms with Crippen molar-refractivity contribution in [2.45, 2.75) is 44.0 Å². The summed E-state index contributed by atoms with van der Waals surface area (Å²) in [5.41, 5.74) is 6.35. The molecule has 3 N–H and O–H groups in total. The number of sulfonamides is 1. The minimum atomic E-state index is -3.49. The lowest BCUT2D eigenvalue weighted by molar-refractivity contribution is 0.133. The van der Waals surface area contributed by atoms with Gasteiger partial charge in [0, 0.05) is 18.1 Å². The van der Waals surface area contributed by atoms with Gasteiger partial charge in [0.25, 0.3) is 0 Å². The highest BCUT2D eigenvalue weighted by molar-refractivity contribution is 7.89. The van der Waals surface area contributed by atoms with Gasteiger partial charge in [-0.05, 0) is 48.4 Å². The molecule has 0 bridgehead atoms. The minimum Gasteiger partial charge on any atom is -0.326 e. The van der Waals surface area contributed by atoms with Crippen molar-refractivity contribution in [2.24, 2.45) is 11.1 Å². The number of benzene rings is 1. The largest absolute Gasteiger partial charge is 0.326 e. The molecule has 6 heteroatoms. The van der Waals surface area contributed by atoms with Gasteiger partial charge in [0.1, 0.15) is 0 Å². The smallest absolute Gasteiger partial charge is 0.240 e. The Kier molecular flexibility index (Phi) is 4.74. The normalized spacial score (nSPS) is 17.8. The number of rotatable bonds is 6. The average Bonchev–Trinajstić information content (AvgIpc) is 2.38. The highest BCUT2D eigenvalue weighted by atomic mass is 35.5. The molecule has 0 aliphatic heterocycles. The van der Waals surface area contributed by atoms with Crippen molar-refractivity contribution < 1.29 is 8.42 Å². The van der Waals surface area contributed by atoms with Gasteiger partial charge < -0.3 is 5.73 Å². The maximum absolute atomic E-state index is 12.3. The Morgan fingerprint density at radius 2 is 2.10 bits per heavy atom. The van der Waals surface area contributed by atoms with Gasteiger partial charge in [-0.25, -0.2) is 13.1 Å². The van der Waals surface area contributed by atoms with E-state index < -0.39 is 10.0 Å². The van der Waals surface area contributed by atoms with E-state index >= 15 is 0 Å². The minimum absolute atomic E-state index is 0.149. The van der Waals surface area contributed by atoms with Crippen LogP contribution in [0.15, 0.2) is 23.1 Å². The molecule has 1 aromatic carbocycles. The molecular weight excluding hydrogens is 296 g/mol. The Morgan fingerprint density at radius 1 is 1.40 bits per heavy atom. The van der Waals surface area contributed by atoms with Crippen LogP contribution in [0.25, 0.3) is 0 Å². The average molecular weight is 317 g/mol. The molecule has 20 heavy (non-hydrogen) atoms. The fraction of sp³-hybridized carbons (Fsp3) is 0.571. The molecule has 0 radical (unpaired) electrons. The lowest BCUT2D eigenvalue weighted by atomic mass is 9.67. The second-order valence-corrected chi connectivity index (χ2v) is 7.66. The number of hydrogen-bond donors (Lipinski definition) is 2. The summed E-state index contributed by atoms with van der Waals surface area (Å²) >= 11 is 5.95. The lowest BCUT2D eigenvalue weighted by Crippen LogP contribution is -2.41. The Bertz CT molecular complexity index is 577. The van der Waals surface area contributed by atoms with E-state index in [1.807, 2.05) is 0 Å². The van der Waals surface area contributed by atoms with Crippen LogP contribution in [0.5, 0.6) is 0 Å². The van der Waals surface area contributed by atoms with Gasteiger partial charge in [-0.3, -0.25) is 0 Å². The molecule has 1 aliphatic rings. The molecule has 0 unspecified atom stereocenters. The third-order valence-electron chi connectivity index (χ3n) is 4.35. The first-order chi connectivity index (χ1) is 9.42. The van der Waals surface area contributed by atoms with Crippen LogP contribution in [0.2, 0.25) is 5.02 Å². The summed E-state index contributed by atoms with van der Waals surface area (Å²) < 4.78 is 27.4. The van der Waals surface area contributed by atoms with Crippen LogP contribution in [0.1, 0.15) is 38.2 Å². The van der Waals surface area contributed by atoms with Crippen LogP contribution in [-0.4, -0.2) is 15.0 Å². The quantitative estimate of drug-likeness (QED) is 0.847. The highest BCUT2D eigenvalue weighted by Gasteiger charge is 2.36. The Labute approximate surface area is 125 Å². The summed E-state index contributed by atoms with van der Waals surface area (Å²) in [6.45, 7) is 2.84. The first-order valence-electron chi connectivity index (χ1n) is 6.91. The van der Waals surface area contributed by atoms with Crippen molar-refractivity contribution in [1.29, 1.82) is 0 Å². The predicted molar refractivity (Wildman–Crippen MR) is 81.1 cm³/mol. The molecule has 0 saturated heterocycles. The Balaban J connectivity index is 2.14. The second kappa shape index (κ2) is 6.02. The Morgan fingerprint density at radius 3 is 2.60 bits per heavy atom. The van der Waals surface area contributed by atoms with E-state index in [4.69, 9.17) is 17.3 Å². The van der Waals surface area contributed by atoms with Crippen LogP contribution >= 0.6 is 11.6 Å². The summed E-state index contributed by atoms with van der Waals surface area (Å²) in [5, 5.41) is 0.496. The fourth-order valence-corrected chi connectivity index (χ4v) is 3.94. The van der Waals surface area contributed by atoms with Gasteiger partial charge in [0.05, 0.1) is 4.90 Å². The van der Waals surface area contributed by atoms with E-state index in [-0.39, 0.29) is 16.9 Å². The van der Waals surface area contributed by atoms with Crippen molar-refractivity contribution in [2.75, 3.05) is 6.54 Å². The zero-order valence-corrected chi connectivity index (χ0v) is 13.2. The monoisotopic (exact) mass is 316 g/mol. The van der Waals surface area contributed by atoms with Crippen molar-refractivity contribution >= 4 is 21.6 Å². The van der Waals surface area contributed by atoms with E-state index in [0.717, 1.165) is 19.3 Å². The number of halogens is 1. The van der Waals surface area contributed by atoms with Gasteiger partial charge in [-0.2, -0.15) is 0 Å². The first-order valence-corrected chi connectivity index (χ1v) is 8.77. The maximum atomic E-state index is 12.3. The van der Waals surface area contributed by atoms with Gasteiger partial charge in [0.15, 0.2) is 0 Å². The molecule has 1 saturated carbocycles. The van der Waals surface area contributed by atoms with E-state index in [0.29, 0.717) is 17.1 Å². The fourth-order valence-electron chi connectivity index (χ4n) is 2.54. The molecule has 1 aromatic rings. The molecule has 0 spiro atoms. The maximum Gasteiger partial charge on any atom is 0.240 e. The molecular formula is C14H21ClN2O2S. The van der Waals surface area contributed by atoms with E-state index in [1.165, 1.54) is 12.5 Å². The lowest BCUT2D eigenvalue weighted by Gasteiger charge is -2.41. The van der Waals surface area contributed by atoms with Gasteiger partial charge >= 0.3 is 0 Å². The molecule has 112 valence electrons. The van der Waals surface area contributed by atoms with E-state index in [1.54, 1.807) is 12.1 Å². The first kappa shape index (κ1) is 15.8. The molecule has 1 aliphatic carbocycles. The second-order valence-electron chi connectivity index (χ2n) is 5.49. The van der Waals surface area contributed by atoms with E-state index in [9.17, 15) is 8.42 Å². The van der Waals surface area contributed by atoms with Crippen LogP contribution in [0.4, 0.5) is 0 Å². The molecule has 1 fully saturated rings. The van der Waals surface area contributed by atoms with Crippen molar-refractivity contribution in [1.82, 2.24) is 4.72 Å². The summed E-state index contributed by atoms with van der Waals surface area (Å²) in [4.78, 5) is 0.230. The Hall–Kier alpha value is -0.620. The van der Waals surface area contributed by atoms with Crippen LogP contribution in [0, 0.1) is 5.41 Å². The van der Waals surface area contributed by atoms with Crippen LogP contribution in [0.3, 0.4) is 0 Å². The predicted octanol–water partition coefficient (Wildman–Crippen LogP) is 2.66. The summed E-state index contributed by atoms with van der Waals surface area (Å²) in [6.07, 6.45) is 4.39. The van der Waals surface area contributed by atoms with Crippen LogP contribution in [-0.2, 0) is 16.6 Å². The zero-order valence-electron chi connectivity index (χ0n) is 11.7. The molecule has 2 rings (SSSR count). The summed E-state index contributed by atoms with van der Waals surface area (Å²) in [5.74, 6) is 0. The standard InChI is InChI=1S/C14H21ClN2O2S/c1-2-14(6-3-7-14)10-17-20(18,19)12-4-5-13(15)11(8-12)9-16/h4-5,8,17H,2-3,6-7,9-10,16H2,1H3. The van der Waals surface area contributed by atoms with Crippen molar-refractivity contribution in [3.63, 3.8) is 0 Å². The number of nitrogens with two attached hydrogens (primary N) is 1. The van der Waals surface area contributed by atoms with Gasteiger partial charge in [-0.15, -0.1) is 0 Å². The van der Waals surface area contributed by atoms with Gasteiger partial charge in [0.2, 0.25) is 10.0 Å². The zero-order chi connectivity index (χ0) is 14.8. The molecule has 0 atom stereocenters.